The average Bonchev–Trinajstić information content (AvgIpc) is 2.34. The quantitative estimate of drug-likeness (QED) is 0.524. The van der Waals surface area contributed by atoms with E-state index in [9.17, 15) is 9.59 Å². The molecule has 0 fully saturated rings. The number of amides is 1. The third-order valence-corrected chi connectivity index (χ3v) is 2.49. The molecule has 0 aliphatic carbocycles. The summed E-state index contributed by atoms with van der Waals surface area (Å²) in [7, 11) is 0. The van der Waals surface area contributed by atoms with E-state index in [0.29, 0.717) is 5.69 Å². The van der Waals surface area contributed by atoms with Crippen molar-refractivity contribution in [3.05, 3.63) is 29.8 Å². The minimum atomic E-state index is -0.631. The summed E-state index contributed by atoms with van der Waals surface area (Å²) in [5, 5.41) is 0. The predicted octanol–water partition coefficient (Wildman–Crippen LogP) is 2.53. The Balaban J connectivity index is 2.84. The van der Waals surface area contributed by atoms with Crippen molar-refractivity contribution in [2.24, 2.45) is 0 Å². The van der Waals surface area contributed by atoms with Gasteiger partial charge in [0.05, 0.1) is 6.54 Å². The van der Waals surface area contributed by atoms with E-state index in [4.69, 9.17) is 15.2 Å². The number of benzene rings is 1. The number of anilines is 1. The lowest BCUT2D eigenvalue weighted by Crippen LogP contribution is -2.38. The molecule has 6 heteroatoms. The molecule has 2 N–H and O–H groups in total. The summed E-state index contributed by atoms with van der Waals surface area (Å²) >= 11 is 0. The highest BCUT2D eigenvalue weighted by Gasteiger charge is 2.23. The van der Waals surface area contributed by atoms with Gasteiger partial charge in [-0.15, -0.1) is 0 Å². The fourth-order valence-corrected chi connectivity index (χ4v) is 1.54. The lowest BCUT2D eigenvalue weighted by Gasteiger charge is -2.27. The summed E-state index contributed by atoms with van der Waals surface area (Å²) in [4.78, 5) is 24.4. The Morgan fingerprint density at radius 2 is 1.86 bits per heavy atom. The number of ether oxygens (including phenoxy) is 2. The molecule has 1 amide bonds. The summed E-state index contributed by atoms with van der Waals surface area (Å²) in [6.07, 6.45) is -0.563. The fourth-order valence-electron chi connectivity index (χ4n) is 1.54. The second-order valence-corrected chi connectivity index (χ2v) is 5.64. The molecule has 1 aromatic carbocycles. The van der Waals surface area contributed by atoms with E-state index < -0.39 is 17.7 Å². The number of nitrogen functional groups attached to an aromatic ring is 1. The standard InChI is InChI=1S/C15H22N2O4/c1-11(18)20-10-17(14(19)21-15(2,3)4)9-12-7-5-6-8-13(12)16/h5-8H,9-10,16H2,1-4H3. The maximum Gasteiger partial charge on any atom is 0.413 e. The molecule has 0 heterocycles. The van der Waals surface area contributed by atoms with Gasteiger partial charge in [0.25, 0.3) is 0 Å². The summed E-state index contributed by atoms with van der Waals surface area (Å²) in [5.41, 5.74) is 6.56. The number of hydrogen-bond acceptors (Lipinski definition) is 5. The van der Waals surface area contributed by atoms with Gasteiger partial charge in [-0.2, -0.15) is 0 Å². The largest absolute Gasteiger partial charge is 0.444 e. The van der Waals surface area contributed by atoms with Crippen LogP contribution in [0.15, 0.2) is 24.3 Å². The Labute approximate surface area is 124 Å². The molecule has 0 saturated heterocycles. The van der Waals surface area contributed by atoms with Crippen molar-refractivity contribution in [1.82, 2.24) is 4.90 Å². The number of hydrogen-bond donors (Lipinski definition) is 1. The monoisotopic (exact) mass is 294 g/mol. The van der Waals surface area contributed by atoms with Crippen LogP contribution in [0.25, 0.3) is 0 Å². The first-order chi connectivity index (χ1) is 9.69. The minimum Gasteiger partial charge on any atom is -0.444 e. The van der Waals surface area contributed by atoms with Crippen LogP contribution in [0, 0.1) is 0 Å². The Bertz CT molecular complexity index is 509. The van der Waals surface area contributed by atoms with Gasteiger partial charge in [0.1, 0.15) is 5.60 Å². The molecular formula is C15H22N2O4. The zero-order valence-corrected chi connectivity index (χ0v) is 12.9. The first-order valence-corrected chi connectivity index (χ1v) is 6.63. The fraction of sp³-hybridized carbons (Fsp3) is 0.467. The van der Waals surface area contributed by atoms with Crippen molar-refractivity contribution >= 4 is 17.7 Å². The van der Waals surface area contributed by atoms with Crippen molar-refractivity contribution in [3.8, 4) is 0 Å². The molecule has 0 radical (unpaired) electrons. The van der Waals surface area contributed by atoms with E-state index in [1.165, 1.54) is 11.8 Å². The topological polar surface area (TPSA) is 81.9 Å². The van der Waals surface area contributed by atoms with Gasteiger partial charge in [-0.3, -0.25) is 9.69 Å². The summed E-state index contributed by atoms with van der Waals surface area (Å²) in [6, 6.07) is 7.18. The van der Waals surface area contributed by atoms with Gasteiger partial charge >= 0.3 is 12.1 Å². The first kappa shape index (κ1) is 16.8. The summed E-state index contributed by atoms with van der Waals surface area (Å²) < 4.78 is 10.2. The molecule has 1 rings (SSSR count). The highest BCUT2D eigenvalue weighted by atomic mass is 16.6. The van der Waals surface area contributed by atoms with Crippen molar-refractivity contribution in [3.63, 3.8) is 0 Å². The zero-order chi connectivity index (χ0) is 16.0. The molecular weight excluding hydrogens is 272 g/mol. The molecule has 1 aromatic rings. The number of carbonyl (C=O) groups excluding carboxylic acids is 2. The molecule has 0 aromatic heterocycles. The van der Waals surface area contributed by atoms with Gasteiger partial charge in [-0.05, 0) is 32.4 Å². The van der Waals surface area contributed by atoms with E-state index in [2.05, 4.69) is 0 Å². The summed E-state index contributed by atoms with van der Waals surface area (Å²) in [6.45, 7) is 6.61. The smallest absolute Gasteiger partial charge is 0.413 e. The average molecular weight is 294 g/mol. The molecule has 0 bridgehead atoms. The van der Waals surface area contributed by atoms with Crippen LogP contribution < -0.4 is 5.73 Å². The lowest BCUT2D eigenvalue weighted by molar-refractivity contribution is -0.145. The number of esters is 1. The minimum absolute atomic E-state index is 0.182. The van der Waals surface area contributed by atoms with E-state index >= 15 is 0 Å². The highest BCUT2D eigenvalue weighted by Crippen LogP contribution is 2.16. The van der Waals surface area contributed by atoms with E-state index in [-0.39, 0.29) is 13.3 Å². The van der Waals surface area contributed by atoms with Gasteiger partial charge in [0.15, 0.2) is 6.73 Å². The van der Waals surface area contributed by atoms with Crippen LogP contribution in [-0.4, -0.2) is 29.3 Å². The lowest BCUT2D eigenvalue weighted by atomic mass is 10.2. The van der Waals surface area contributed by atoms with E-state index in [1.807, 2.05) is 12.1 Å². The number of nitrogens with zero attached hydrogens (tertiary/aromatic N) is 1. The zero-order valence-electron chi connectivity index (χ0n) is 12.9. The van der Waals surface area contributed by atoms with Crippen LogP contribution in [0.2, 0.25) is 0 Å². The van der Waals surface area contributed by atoms with Crippen molar-refractivity contribution in [1.29, 1.82) is 0 Å². The predicted molar refractivity (Wildman–Crippen MR) is 79.3 cm³/mol. The van der Waals surface area contributed by atoms with E-state index in [1.54, 1.807) is 32.9 Å². The van der Waals surface area contributed by atoms with Crippen LogP contribution in [0.1, 0.15) is 33.3 Å². The summed E-state index contributed by atoms with van der Waals surface area (Å²) in [5.74, 6) is -0.468. The van der Waals surface area contributed by atoms with Gasteiger partial charge in [0.2, 0.25) is 0 Å². The normalized spacial score (nSPS) is 10.9. The molecule has 6 nitrogen and oxygen atoms in total. The van der Waals surface area contributed by atoms with Crippen molar-refractivity contribution < 1.29 is 19.1 Å². The Morgan fingerprint density at radius 1 is 1.24 bits per heavy atom. The van der Waals surface area contributed by atoms with Crippen molar-refractivity contribution in [2.75, 3.05) is 12.5 Å². The molecule has 0 aliphatic rings. The molecule has 116 valence electrons. The Kier molecular flexibility index (Phi) is 5.58. The van der Waals surface area contributed by atoms with Gasteiger partial charge < -0.3 is 15.2 Å². The van der Waals surface area contributed by atoms with Crippen LogP contribution in [0.5, 0.6) is 0 Å². The third kappa shape index (κ3) is 6.16. The number of para-hydroxylation sites is 1. The first-order valence-electron chi connectivity index (χ1n) is 6.63. The molecule has 0 atom stereocenters. The Hall–Kier alpha value is -2.24. The molecule has 0 aliphatic heterocycles. The second kappa shape index (κ2) is 6.97. The van der Waals surface area contributed by atoms with Gasteiger partial charge in [-0.1, -0.05) is 18.2 Å². The third-order valence-electron chi connectivity index (χ3n) is 2.49. The highest BCUT2D eigenvalue weighted by molar-refractivity contribution is 5.69. The molecule has 21 heavy (non-hydrogen) atoms. The number of rotatable bonds is 4. The molecule has 0 unspecified atom stereocenters. The number of carbonyl (C=O) groups is 2. The van der Waals surface area contributed by atoms with E-state index in [0.717, 1.165) is 5.56 Å². The van der Waals surface area contributed by atoms with Crippen LogP contribution in [-0.2, 0) is 20.8 Å². The van der Waals surface area contributed by atoms with Crippen LogP contribution in [0.3, 0.4) is 0 Å². The SMILES string of the molecule is CC(=O)OCN(Cc1ccccc1N)C(=O)OC(C)(C)C. The number of nitrogens with two attached hydrogens (primary N) is 1. The maximum atomic E-state index is 12.2. The maximum absolute atomic E-state index is 12.2. The van der Waals surface area contributed by atoms with Crippen LogP contribution in [0.4, 0.5) is 10.5 Å². The van der Waals surface area contributed by atoms with Crippen LogP contribution >= 0.6 is 0 Å². The van der Waals surface area contributed by atoms with Gasteiger partial charge in [-0.25, -0.2) is 4.79 Å². The Morgan fingerprint density at radius 3 is 2.38 bits per heavy atom. The van der Waals surface area contributed by atoms with Gasteiger partial charge in [0, 0.05) is 12.6 Å². The second-order valence-electron chi connectivity index (χ2n) is 5.64. The molecule has 0 saturated carbocycles. The van der Waals surface area contributed by atoms with Crippen molar-refractivity contribution in [2.45, 2.75) is 39.8 Å². The molecule has 0 spiro atoms.